The van der Waals surface area contributed by atoms with E-state index in [2.05, 4.69) is 5.32 Å². The van der Waals surface area contributed by atoms with Gasteiger partial charge in [0.05, 0.1) is 11.5 Å². The number of likely N-dealkylation sites (tertiary alicyclic amines) is 1. The molecular weight excluding hydrogens is 232 g/mol. The standard InChI is InChI=1S/C13H24N2O3/c1-4-13(5-2)8-11(17)15(12(13)18)7-6-14-9-10(3)16/h10,14,16H,4-9H2,1-3H3. The van der Waals surface area contributed by atoms with E-state index in [-0.39, 0.29) is 11.8 Å². The zero-order chi connectivity index (χ0) is 13.8. The molecule has 0 saturated carbocycles. The second-order valence-electron chi connectivity index (χ2n) is 5.07. The van der Waals surface area contributed by atoms with E-state index >= 15 is 0 Å². The molecule has 1 heterocycles. The van der Waals surface area contributed by atoms with Gasteiger partial charge in [-0.25, -0.2) is 0 Å². The first-order valence-corrected chi connectivity index (χ1v) is 6.70. The van der Waals surface area contributed by atoms with Gasteiger partial charge in [0.2, 0.25) is 11.8 Å². The lowest BCUT2D eigenvalue weighted by atomic mass is 9.81. The van der Waals surface area contributed by atoms with E-state index in [1.54, 1.807) is 6.92 Å². The van der Waals surface area contributed by atoms with Crippen LogP contribution in [0.25, 0.3) is 0 Å². The largest absolute Gasteiger partial charge is 0.392 e. The summed E-state index contributed by atoms with van der Waals surface area (Å²) in [6, 6.07) is 0. The number of rotatable bonds is 7. The van der Waals surface area contributed by atoms with Crippen LogP contribution in [0, 0.1) is 5.41 Å². The highest BCUT2D eigenvalue weighted by Crippen LogP contribution is 2.38. The van der Waals surface area contributed by atoms with Crippen molar-refractivity contribution in [1.29, 1.82) is 0 Å². The van der Waals surface area contributed by atoms with E-state index in [1.165, 1.54) is 4.90 Å². The SMILES string of the molecule is CCC1(CC)CC(=O)N(CCNCC(C)O)C1=O. The molecular formula is C13H24N2O3. The van der Waals surface area contributed by atoms with Gasteiger partial charge < -0.3 is 10.4 Å². The molecule has 0 aliphatic carbocycles. The van der Waals surface area contributed by atoms with Crippen molar-refractivity contribution in [2.24, 2.45) is 5.41 Å². The summed E-state index contributed by atoms with van der Waals surface area (Å²) in [4.78, 5) is 25.5. The topological polar surface area (TPSA) is 69.6 Å². The average Bonchev–Trinajstić information content (AvgIpc) is 2.58. The molecule has 1 atom stereocenters. The van der Waals surface area contributed by atoms with Crippen LogP contribution in [0.15, 0.2) is 0 Å². The summed E-state index contributed by atoms with van der Waals surface area (Å²) in [7, 11) is 0. The first-order valence-electron chi connectivity index (χ1n) is 6.70. The molecule has 1 rings (SSSR count). The Labute approximate surface area is 109 Å². The number of hydrogen-bond donors (Lipinski definition) is 2. The summed E-state index contributed by atoms with van der Waals surface area (Å²) in [5, 5.41) is 12.1. The Bertz CT molecular complexity index is 311. The van der Waals surface area contributed by atoms with E-state index in [4.69, 9.17) is 5.11 Å². The van der Waals surface area contributed by atoms with Crippen molar-refractivity contribution in [1.82, 2.24) is 10.2 Å². The van der Waals surface area contributed by atoms with Gasteiger partial charge in [-0.15, -0.1) is 0 Å². The van der Waals surface area contributed by atoms with Gasteiger partial charge in [-0.05, 0) is 19.8 Å². The number of nitrogens with zero attached hydrogens (tertiary/aromatic N) is 1. The van der Waals surface area contributed by atoms with Crippen LogP contribution in [0.4, 0.5) is 0 Å². The van der Waals surface area contributed by atoms with Crippen molar-refractivity contribution >= 4 is 11.8 Å². The Morgan fingerprint density at radius 3 is 2.44 bits per heavy atom. The lowest BCUT2D eigenvalue weighted by molar-refractivity contribution is -0.141. The fourth-order valence-electron chi connectivity index (χ4n) is 2.39. The fraction of sp³-hybridized carbons (Fsp3) is 0.846. The minimum Gasteiger partial charge on any atom is -0.392 e. The zero-order valence-electron chi connectivity index (χ0n) is 11.5. The molecule has 0 radical (unpaired) electrons. The molecule has 0 spiro atoms. The summed E-state index contributed by atoms with van der Waals surface area (Å²) in [5.41, 5.74) is -0.471. The third-order valence-corrected chi connectivity index (χ3v) is 3.79. The zero-order valence-corrected chi connectivity index (χ0v) is 11.5. The maximum atomic E-state index is 12.3. The number of carbonyl (C=O) groups is 2. The Hall–Kier alpha value is -0.940. The molecule has 1 saturated heterocycles. The Balaban J connectivity index is 2.52. The Morgan fingerprint density at radius 1 is 1.39 bits per heavy atom. The highest BCUT2D eigenvalue weighted by Gasteiger charge is 2.48. The van der Waals surface area contributed by atoms with E-state index in [1.807, 2.05) is 13.8 Å². The normalized spacial score (nSPS) is 20.6. The number of aliphatic hydroxyl groups is 1. The number of carbonyl (C=O) groups excluding carboxylic acids is 2. The molecule has 1 aliphatic heterocycles. The van der Waals surface area contributed by atoms with Crippen LogP contribution in [0.2, 0.25) is 0 Å². The molecule has 1 aliphatic rings. The third kappa shape index (κ3) is 3.09. The Morgan fingerprint density at radius 2 is 2.00 bits per heavy atom. The van der Waals surface area contributed by atoms with Crippen molar-refractivity contribution in [3.05, 3.63) is 0 Å². The van der Waals surface area contributed by atoms with Crippen molar-refractivity contribution in [3.8, 4) is 0 Å². The molecule has 18 heavy (non-hydrogen) atoms. The number of aliphatic hydroxyl groups excluding tert-OH is 1. The molecule has 0 aromatic heterocycles. The molecule has 0 aromatic rings. The molecule has 5 nitrogen and oxygen atoms in total. The molecule has 0 aromatic carbocycles. The summed E-state index contributed by atoms with van der Waals surface area (Å²) in [5.74, 6) is -0.0982. The minimum absolute atomic E-state index is 0.0312. The quantitative estimate of drug-likeness (QED) is 0.515. The molecule has 1 unspecified atom stereocenters. The highest BCUT2D eigenvalue weighted by molar-refractivity contribution is 6.05. The van der Waals surface area contributed by atoms with Crippen LogP contribution >= 0.6 is 0 Å². The first-order chi connectivity index (χ1) is 8.46. The molecule has 5 heteroatoms. The average molecular weight is 256 g/mol. The van der Waals surface area contributed by atoms with Gasteiger partial charge in [-0.2, -0.15) is 0 Å². The predicted molar refractivity (Wildman–Crippen MR) is 68.9 cm³/mol. The van der Waals surface area contributed by atoms with E-state index in [0.717, 1.165) is 0 Å². The van der Waals surface area contributed by atoms with Crippen molar-refractivity contribution in [2.75, 3.05) is 19.6 Å². The van der Waals surface area contributed by atoms with Gasteiger partial charge in [0.25, 0.3) is 0 Å². The van der Waals surface area contributed by atoms with Crippen molar-refractivity contribution in [2.45, 2.75) is 46.1 Å². The van der Waals surface area contributed by atoms with Crippen molar-refractivity contribution in [3.63, 3.8) is 0 Å². The lowest BCUT2D eigenvalue weighted by Crippen LogP contribution is -2.40. The molecule has 104 valence electrons. The van der Waals surface area contributed by atoms with Gasteiger partial charge in [-0.3, -0.25) is 14.5 Å². The van der Waals surface area contributed by atoms with Gasteiger partial charge in [0, 0.05) is 26.1 Å². The van der Waals surface area contributed by atoms with Crippen LogP contribution in [-0.2, 0) is 9.59 Å². The van der Waals surface area contributed by atoms with Gasteiger partial charge >= 0.3 is 0 Å². The third-order valence-electron chi connectivity index (χ3n) is 3.79. The number of nitrogens with one attached hydrogen (secondary N) is 1. The fourth-order valence-corrected chi connectivity index (χ4v) is 2.39. The summed E-state index contributed by atoms with van der Waals surface area (Å²) in [6.07, 6.45) is 1.35. The molecule has 0 bridgehead atoms. The van der Waals surface area contributed by atoms with Gasteiger partial charge in [-0.1, -0.05) is 13.8 Å². The smallest absolute Gasteiger partial charge is 0.235 e. The van der Waals surface area contributed by atoms with Crippen LogP contribution in [0.3, 0.4) is 0 Å². The Kier molecular flexibility index (Phi) is 5.28. The maximum absolute atomic E-state index is 12.3. The minimum atomic E-state index is -0.471. The van der Waals surface area contributed by atoms with E-state index < -0.39 is 11.5 Å². The van der Waals surface area contributed by atoms with Gasteiger partial charge in [0.15, 0.2) is 0 Å². The van der Waals surface area contributed by atoms with E-state index in [9.17, 15) is 9.59 Å². The van der Waals surface area contributed by atoms with Crippen LogP contribution in [-0.4, -0.2) is 47.6 Å². The summed E-state index contributed by atoms with van der Waals surface area (Å²) in [6.45, 7) is 7.02. The van der Waals surface area contributed by atoms with Crippen LogP contribution in [0.5, 0.6) is 0 Å². The van der Waals surface area contributed by atoms with Crippen LogP contribution < -0.4 is 5.32 Å². The second-order valence-corrected chi connectivity index (χ2v) is 5.07. The van der Waals surface area contributed by atoms with E-state index in [0.29, 0.717) is 38.9 Å². The summed E-state index contributed by atoms with van der Waals surface area (Å²) >= 11 is 0. The summed E-state index contributed by atoms with van der Waals surface area (Å²) < 4.78 is 0. The van der Waals surface area contributed by atoms with Crippen molar-refractivity contribution < 1.29 is 14.7 Å². The number of amides is 2. The molecule has 2 N–H and O–H groups in total. The monoisotopic (exact) mass is 256 g/mol. The number of hydrogen-bond acceptors (Lipinski definition) is 4. The lowest BCUT2D eigenvalue weighted by Gasteiger charge is -2.23. The molecule has 1 fully saturated rings. The second kappa shape index (κ2) is 6.29. The predicted octanol–water partition coefficient (Wildman–Crippen LogP) is 0.522. The first kappa shape index (κ1) is 15.1. The maximum Gasteiger partial charge on any atom is 0.235 e. The molecule has 2 amide bonds. The van der Waals surface area contributed by atoms with Crippen LogP contribution in [0.1, 0.15) is 40.0 Å². The number of imide groups is 1. The highest BCUT2D eigenvalue weighted by atomic mass is 16.3. The van der Waals surface area contributed by atoms with Gasteiger partial charge in [0.1, 0.15) is 0 Å².